The molecule has 2 aliphatic rings. The number of hydrogen-bond donors (Lipinski definition) is 1. The van der Waals surface area contributed by atoms with Gasteiger partial charge in [-0.15, -0.1) is 0 Å². The molecule has 1 unspecified atom stereocenters. The van der Waals surface area contributed by atoms with Gasteiger partial charge in [-0.2, -0.15) is 11.8 Å². The second-order valence-corrected chi connectivity index (χ2v) is 8.30. The standard InChI is InChI=1S/C18H27NOS/c1-18(2)11-15(12-21-13-18)19-14-7-9-17(10-8-14)20-16-5-3-4-6-16/h7-10,15-16,19H,3-6,11-13H2,1-2H3. The maximum absolute atomic E-state index is 6.02. The second-order valence-electron chi connectivity index (χ2n) is 7.27. The zero-order chi connectivity index (χ0) is 14.7. The SMILES string of the molecule is CC1(C)CSCC(Nc2ccc(OC3CCCC3)cc2)C1. The summed E-state index contributed by atoms with van der Waals surface area (Å²) in [6.07, 6.45) is 6.77. The van der Waals surface area contributed by atoms with Crippen molar-refractivity contribution in [2.24, 2.45) is 5.41 Å². The first-order valence-corrected chi connectivity index (χ1v) is 9.37. The number of nitrogens with one attached hydrogen (secondary N) is 1. The Kier molecular flexibility index (Phi) is 4.68. The molecule has 0 spiro atoms. The zero-order valence-electron chi connectivity index (χ0n) is 13.2. The average molecular weight is 305 g/mol. The molecule has 2 fully saturated rings. The van der Waals surface area contributed by atoms with Crippen molar-refractivity contribution >= 4 is 17.4 Å². The molecule has 0 aromatic heterocycles. The highest BCUT2D eigenvalue weighted by Crippen LogP contribution is 2.35. The van der Waals surface area contributed by atoms with E-state index in [1.807, 2.05) is 0 Å². The van der Waals surface area contributed by atoms with E-state index in [-0.39, 0.29) is 0 Å². The monoisotopic (exact) mass is 305 g/mol. The van der Waals surface area contributed by atoms with Crippen LogP contribution in [0, 0.1) is 5.41 Å². The fourth-order valence-electron chi connectivity index (χ4n) is 3.42. The highest BCUT2D eigenvalue weighted by Gasteiger charge is 2.28. The molecule has 0 amide bonds. The van der Waals surface area contributed by atoms with E-state index in [0.29, 0.717) is 17.6 Å². The Bertz CT molecular complexity index is 451. The van der Waals surface area contributed by atoms with Crippen molar-refractivity contribution in [2.45, 2.75) is 58.1 Å². The van der Waals surface area contributed by atoms with Crippen LogP contribution < -0.4 is 10.1 Å². The summed E-state index contributed by atoms with van der Waals surface area (Å²) in [7, 11) is 0. The molecule has 3 rings (SSSR count). The zero-order valence-corrected chi connectivity index (χ0v) is 14.0. The van der Waals surface area contributed by atoms with Crippen LogP contribution >= 0.6 is 11.8 Å². The van der Waals surface area contributed by atoms with Crippen LogP contribution in [0.25, 0.3) is 0 Å². The molecule has 1 atom stereocenters. The van der Waals surface area contributed by atoms with E-state index in [2.05, 4.69) is 55.2 Å². The van der Waals surface area contributed by atoms with Gasteiger partial charge in [0.25, 0.3) is 0 Å². The summed E-state index contributed by atoms with van der Waals surface area (Å²) in [5.41, 5.74) is 1.67. The topological polar surface area (TPSA) is 21.3 Å². The van der Waals surface area contributed by atoms with Gasteiger partial charge < -0.3 is 10.1 Å². The van der Waals surface area contributed by atoms with E-state index in [0.717, 1.165) is 5.75 Å². The van der Waals surface area contributed by atoms with Gasteiger partial charge in [0.15, 0.2) is 0 Å². The third-order valence-electron chi connectivity index (χ3n) is 4.44. The van der Waals surface area contributed by atoms with Crippen LogP contribution in [0.4, 0.5) is 5.69 Å². The van der Waals surface area contributed by atoms with Crippen LogP contribution in [0.5, 0.6) is 5.75 Å². The molecule has 1 saturated carbocycles. The van der Waals surface area contributed by atoms with Crippen LogP contribution in [-0.2, 0) is 0 Å². The lowest BCUT2D eigenvalue weighted by atomic mass is 9.88. The molecule has 1 saturated heterocycles. The lowest BCUT2D eigenvalue weighted by molar-refractivity contribution is 0.210. The van der Waals surface area contributed by atoms with Crippen LogP contribution in [0.1, 0.15) is 46.0 Å². The van der Waals surface area contributed by atoms with E-state index in [9.17, 15) is 0 Å². The largest absolute Gasteiger partial charge is 0.490 e. The van der Waals surface area contributed by atoms with Crippen LogP contribution in [0.15, 0.2) is 24.3 Å². The first kappa shape index (κ1) is 15.1. The Morgan fingerprint density at radius 1 is 1.14 bits per heavy atom. The molecule has 3 heteroatoms. The van der Waals surface area contributed by atoms with Gasteiger partial charge >= 0.3 is 0 Å². The van der Waals surface area contributed by atoms with Gasteiger partial charge in [-0.25, -0.2) is 0 Å². The van der Waals surface area contributed by atoms with Gasteiger partial charge in [-0.3, -0.25) is 0 Å². The number of ether oxygens (including phenoxy) is 1. The Balaban J connectivity index is 1.54. The van der Waals surface area contributed by atoms with E-state index in [1.165, 1.54) is 49.3 Å². The van der Waals surface area contributed by atoms with Crippen LogP contribution in [0.3, 0.4) is 0 Å². The van der Waals surface area contributed by atoms with Crippen molar-refractivity contribution in [1.29, 1.82) is 0 Å². The Hall–Kier alpha value is -0.830. The molecule has 2 nitrogen and oxygen atoms in total. The minimum absolute atomic E-state index is 0.444. The lowest BCUT2D eigenvalue weighted by Crippen LogP contribution is -2.35. The summed E-state index contributed by atoms with van der Waals surface area (Å²) >= 11 is 2.07. The number of hydrogen-bond acceptors (Lipinski definition) is 3. The summed E-state index contributed by atoms with van der Waals surface area (Å²) in [5.74, 6) is 3.51. The van der Waals surface area contributed by atoms with Crippen molar-refractivity contribution in [2.75, 3.05) is 16.8 Å². The summed E-state index contributed by atoms with van der Waals surface area (Å²) in [5, 5.41) is 3.68. The molecule has 1 aliphatic carbocycles. The minimum Gasteiger partial charge on any atom is -0.490 e. The van der Waals surface area contributed by atoms with Gasteiger partial charge in [0.2, 0.25) is 0 Å². The first-order valence-electron chi connectivity index (χ1n) is 8.22. The summed E-state index contributed by atoms with van der Waals surface area (Å²) < 4.78 is 6.02. The maximum Gasteiger partial charge on any atom is 0.119 e. The summed E-state index contributed by atoms with van der Waals surface area (Å²) in [4.78, 5) is 0. The third-order valence-corrected chi connectivity index (χ3v) is 6.06. The first-order chi connectivity index (χ1) is 10.1. The van der Waals surface area contributed by atoms with E-state index < -0.39 is 0 Å². The quantitative estimate of drug-likeness (QED) is 0.850. The van der Waals surface area contributed by atoms with Crippen molar-refractivity contribution < 1.29 is 4.74 Å². The molecule has 1 N–H and O–H groups in total. The lowest BCUT2D eigenvalue weighted by Gasteiger charge is -2.35. The van der Waals surface area contributed by atoms with E-state index in [4.69, 9.17) is 4.74 Å². The fraction of sp³-hybridized carbons (Fsp3) is 0.667. The van der Waals surface area contributed by atoms with Gasteiger partial charge in [0.05, 0.1) is 6.10 Å². The highest BCUT2D eigenvalue weighted by atomic mass is 32.2. The molecule has 1 heterocycles. The second kappa shape index (κ2) is 6.51. The minimum atomic E-state index is 0.444. The van der Waals surface area contributed by atoms with Crippen LogP contribution in [0.2, 0.25) is 0 Å². The molecule has 0 bridgehead atoms. The molecule has 0 radical (unpaired) electrons. The molecule has 1 aromatic rings. The molecule has 116 valence electrons. The normalized spacial score (nSPS) is 25.7. The number of anilines is 1. The number of rotatable bonds is 4. The Morgan fingerprint density at radius 2 is 1.86 bits per heavy atom. The van der Waals surface area contributed by atoms with Gasteiger partial charge in [-0.05, 0) is 67.5 Å². The molecule has 1 aromatic carbocycles. The molecule has 1 aliphatic heterocycles. The Labute approximate surface area is 133 Å². The van der Waals surface area contributed by atoms with Crippen molar-refractivity contribution in [3.63, 3.8) is 0 Å². The summed E-state index contributed by atoms with van der Waals surface area (Å²) in [6.45, 7) is 4.73. The van der Waals surface area contributed by atoms with Gasteiger partial charge in [0.1, 0.15) is 5.75 Å². The fourth-order valence-corrected chi connectivity index (χ4v) is 4.69. The highest BCUT2D eigenvalue weighted by molar-refractivity contribution is 7.99. The van der Waals surface area contributed by atoms with Gasteiger partial charge in [0, 0.05) is 17.5 Å². The van der Waals surface area contributed by atoms with Crippen molar-refractivity contribution in [3.05, 3.63) is 24.3 Å². The van der Waals surface area contributed by atoms with Crippen molar-refractivity contribution in [3.8, 4) is 5.75 Å². The molecular weight excluding hydrogens is 278 g/mol. The summed E-state index contributed by atoms with van der Waals surface area (Å²) in [6, 6.07) is 9.14. The average Bonchev–Trinajstić information content (AvgIpc) is 2.93. The predicted molar refractivity (Wildman–Crippen MR) is 92.5 cm³/mol. The van der Waals surface area contributed by atoms with Crippen molar-refractivity contribution in [1.82, 2.24) is 0 Å². The predicted octanol–water partition coefficient (Wildman–Crippen LogP) is 4.95. The molecule has 21 heavy (non-hydrogen) atoms. The van der Waals surface area contributed by atoms with E-state index in [1.54, 1.807) is 0 Å². The number of benzene rings is 1. The van der Waals surface area contributed by atoms with E-state index >= 15 is 0 Å². The smallest absolute Gasteiger partial charge is 0.119 e. The molecular formula is C18H27NOS. The number of thioether (sulfide) groups is 1. The van der Waals surface area contributed by atoms with Crippen LogP contribution in [-0.4, -0.2) is 23.7 Å². The van der Waals surface area contributed by atoms with Gasteiger partial charge in [-0.1, -0.05) is 13.8 Å². The maximum atomic E-state index is 6.02. The Morgan fingerprint density at radius 3 is 2.52 bits per heavy atom. The third kappa shape index (κ3) is 4.32.